The molecule has 25 heavy (non-hydrogen) atoms. The van der Waals surface area contributed by atoms with Crippen LogP contribution in [0.15, 0.2) is 47.1 Å². The van der Waals surface area contributed by atoms with Crippen LogP contribution in [-0.4, -0.2) is 48.0 Å². The molecule has 6 heteroatoms. The van der Waals surface area contributed by atoms with E-state index in [1.807, 2.05) is 18.2 Å². The van der Waals surface area contributed by atoms with E-state index in [0.29, 0.717) is 6.04 Å². The van der Waals surface area contributed by atoms with Crippen LogP contribution in [0.1, 0.15) is 12.5 Å². The van der Waals surface area contributed by atoms with Crippen molar-refractivity contribution >= 4 is 16.7 Å². The molecule has 1 aromatic heterocycles. The molecule has 4 rings (SSSR count). The van der Waals surface area contributed by atoms with Crippen LogP contribution in [0.5, 0.6) is 5.75 Å². The number of hydrogen-bond donors (Lipinski definition) is 0. The number of aromatic nitrogens is 2. The van der Waals surface area contributed by atoms with Crippen LogP contribution < -0.4 is 9.64 Å². The highest BCUT2D eigenvalue weighted by Gasteiger charge is 2.24. The van der Waals surface area contributed by atoms with E-state index in [2.05, 4.69) is 51.3 Å². The van der Waals surface area contributed by atoms with Crippen LogP contribution in [0.25, 0.3) is 11.0 Å². The lowest BCUT2D eigenvalue weighted by Crippen LogP contribution is -2.51. The molecule has 0 bridgehead atoms. The molecule has 1 unspecified atom stereocenters. The maximum Gasteiger partial charge on any atom is 0.135 e. The van der Waals surface area contributed by atoms with Crippen molar-refractivity contribution in [2.45, 2.75) is 19.5 Å². The SMILES string of the molecule is COc1ccc(N2CCN(Cc3ccc4nonc4c3)C(C)C2)cc1. The van der Waals surface area contributed by atoms with Gasteiger partial charge in [-0.25, -0.2) is 4.63 Å². The van der Waals surface area contributed by atoms with Crippen LogP contribution >= 0.6 is 0 Å². The second kappa shape index (κ2) is 6.72. The summed E-state index contributed by atoms with van der Waals surface area (Å²) < 4.78 is 10.0. The van der Waals surface area contributed by atoms with Gasteiger partial charge in [0, 0.05) is 37.9 Å². The fourth-order valence-corrected chi connectivity index (χ4v) is 3.42. The van der Waals surface area contributed by atoms with Crippen LogP contribution in [-0.2, 0) is 6.54 Å². The first kappa shape index (κ1) is 15.9. The average molecular weight is 338 g/mol. The maximum atomic E-state index is 5.24. The van der Waals surface area contributed by atoms with Gasteiger partial charge in [-0.05, 0) is 59.2 Å². The molecule has 0 saturated carbocycles. The van der Waals surface area contributed by atoms with E-state index in [1.165, 1.54) is 11.3 Å². The number of anilines is 1. The standard InChI is InChI=1S/C19H22N4O2/c1-14-12-23(16-4-6-17(24-2)7-5-16)10-9-22(14)13-15-3-8-18-19(11-15)21-25-20-18/h3-8,11,14H,9-10,12-13H2,1-2H3. The third-order valence-corrected chi connectivity index (χ3v) is 4.91. The fraction of sp³-hybridized carbons (Fsp3) is 0.368. The number of rotatable bonds is 4. The first-order chi connectivity index (χ1) is 12.2. The van der Waals surface area contributed by atoms with Gasteiger partial charge in [-0.2, -0.15) is 0 Å². The molecule has 2 aromatic carbocycles. The second-order valence-electron chi connectivity index (χ2n) is 6.55. The van der Waals surface area contributed by atoms with Gasteiger partial charge in [0.2, 0.25) is 0 Å². The molecule has 0 amide bonds. The zero-order chi connectivity index (χ0) is 17.2. The Hall–Kier alpha value is -2.60. The summed E-state index contributed by atoms with van der Waals surface area (Å²) in [4.78, 5) is 4.94. The minimum atomic E-state index is 0.474. The Balaban J connectivity index is 1.42. The van der Waals surface area contributed by atoms with Crippen LogP contribution in [0.2, 0.25) is 0 Å². The third kappa shape index (κ3) is 3.30. The highest BCUT2D eigenvalue weighted by atomic mass is 16.6. The van der Waals surface area contributed by atoms with Crippen LogP contribution in [0, 0.1) is 0 Å². The van der Waals surface area contributed by atoms with Crippen molar-refractivity contribution in [3.63, 3.8) is 0 Å². The van der Waals surface area contributed by atoms with Crippen molar-refractivity contribution < 1.29 is 9.37 Å². The van der Waals surface area contributed by atoms with Crippen molar-refractivity contribution in [3.05, 3.63) is 48.0 Å². The molecule has 0 spiro atoms. The first-order valence-electron chi connectivity index (χ1n) is 8.57. The maximum absolute atomic E-state index is 5.24. The van der Waals surface area contributed by atoms with Crippen molar-refractivity contribution in [2.75, 3.05) is 31.6 Å². The van der Waals surface area contributed by atoms with Gasteiger partial charge in [0.25, 0.3) is 0 Å². The number of nitrogens with zero attached hydrogens (tertiary/aromatic N) is 4. The molecule has 0 radical (unpaired) electrons. The molecule has 1 aliphatic heterocycles. The van der Waals surface area contributed by atoms with Gasteiger partial charge in [0.05, 0.1) is 7.11 Å². The summed E-state index contributed by atoms with van der Waals surface area (Å²) in [7, 11) is 1.70. The normalized spacial score (nSPS) is 18.6. The molecule has 1 saturated heterocycles. The van der Waals surface area contributed by atoms with Crippen molar-refractivity contribution in [1.29, 1.82) is 0 Å². The van der Waals surface area contributed by atoms with Gasteiger partial charge >= 0.3 is 0 Å². The average Bonchev–Trinajstić information content (AvgIpc) is 3.11. The van der Waals surface area contributed by atoms with Gasteiger partial charge in [-0.15, -0.1) is 0 Å². The second-order valence-corrected chi connectivity index (χ2v) is 6.55. The van der Waals surface area contributed by atoms with Gasteiger partial charge in [-0.3, -0.25) is 4.90 Å². The molecular weight excluding hydrogens is 316 g/mol. The molecule has 1 atom stereocenters. The Morgan fingerprint density at radius 2 is 1.88 bits per heavy atom. The monoisotopic (exact) mass is 338 g/mol. The van der Waals surface area contributed by atoms with Crippen LogP contribution in [0.3, 0.4) is 0 Å². The predicted molar refractivity (Wildman–Crippen MR) is 96.9 cm³/mol. The number of methoxy groups -OCH3 is 1. The zero-order valence-electron chi connectivity index (χ0n) is 14.6. The number of benzene rings is 2. The summed E-state index contributed by atoms with van der Waals surface area (Å²) in [6.45, 7) is 6.26. The minimum absolute atomic E-state index is 0.474. The smallest absolute Gasteiger partial charge is 0.135 e. The molecule has 3 aromatic rings. The summed E-state index contributed by atoms with van der Waals surface area (Å²) in [5, 5.41) is 7.80. The summed E-state index contributed by atoms with van der Waals surface area (Å²) in [6.07, 6.45) is 0. The van der Waals surface area contributed by atoms with Crippen molar-refractivity contribution in [3.8, 4) is 5.75 Å². The molecule has 6 nitrogen and oxygen atoms in total. The fourth-order valence-electron chi connectivity index (χ4n) is 3.42. The highest BCUT2D eigenvalue weighted by Crippen LogP contribution is 2.23. The van der Waals surface area contributed by atoms with E-state index in [9.17, 15) is 0 Å². The highest BCUT2D eigenvalue weighted by molar-refractivity contribution is 5.73. The molecular formula is C19H22N4O2. The Labute approximate surface area is 146 Å². The predicted octanol–water partition coefficient (Wildman–Crippen LogP) is 2.94. The van der Waals surface area contributed by atoms with E-state index < -0.39 is 0 Å². The number of piperazine rings is 1. The van der Waals surface area contributed by atoms with Gasteiger partial charge < -0.3 is 9.64 Å². The quantitative estimate of drug-likeness (QED) is 0.729. The Morgan fingerprint density at radius 3 is 2.64 bits per heavy atom. The number of hydrogen-bond acceptors (Lipinski definition) is 6. The lowest BCUT2D eigenvalue weighted by atomic mass is 10.1. The topological polar surface area (TPSA) is 54.6 Å². The summed E-state index contributed by atoms with van der Waals surface area (Å²) in [5.74, 6) is 0.896. The van der Waals surface area contributed by atoms with Crippen molar-refractivity contribution in [1.82, 2.24) is 15.2 Å². The van der Waals surface area contributed by atoms with Gasteiger partial charge in [-0.1, -0.05) is 6.07 Å². The molecule has 130 valence electrons. The van der Waals surface area contributed by atoms with Crippen LogP contribution in [0.4, 0.5) is 5.69 Å². The largest absolute Gasteiger partial charge is 0.497 e. The molecule has 1 aliphatic rings. The Morgan fingerprint density at radius 1 is 1.08 bits per heavy atom. The Bertz CT molecular complexity index is 846. The molecule has 2 heterocycles. The van der Waals surface area contributed by atoms with Gasteiger partial charge in [0.15, 0.2) is 0 Å². The molecule has 0 aliphatic carbocycles. The molecule has 0 N–H and O–H groups in total. The van der Waals surface area contributed by atoms with Gasteiger partial charge in [0.1, 0.15) is 16.8 Å². The minimum Gasteiger partial charge on any atom is -0.497 e. The van der Waals surface area contributed by atoms with E-state index in [-0.39, 0.29) is 0 Å². The van der Waals surface area contributed by atoms with E-state index >= 15 is 0 Å². The zero-order valence-corrected chi connectivity index (χ0v) is 14.6. The number of ether oxygens (including phenoxy) is 1. The third-order valence-electron chi connectivity index (χ3n) is 4.91. The van der Waals surface area contributed by atoms with E-state index in [4.69, 9.17) is 9.37 Å². The van der Waals surface area contributed by atoms with Crippen molar-refractivity contribution in [2.24, 2.45) is 0 Å². The lowest BCUT2D eigenvalue weighted by molar-refractivity contribution is 0.181. The number of fused-ring (bicyclic) bond motifs is 1. The summed E-state index contributed by atoms with van der Waals surface area (Å²) >= 11 is 0. The summed E-state index contributed by atoms with van der Waals surface area (Å²) in [5.41, 5.74) is 4.12. The summed E-state index contributed by atoms with van der Waals surface area (Å²) in [6, 6.07) is 14.9. The Kier molecular flexibility index (Phi) is 4.28. The van der Waals surface area contributed by atoms with E-state index in [0.717, 1.165) is 43.0 Å². The molecule has 1 fully saturated rings. The van der Waals surface area contributed by atoms with E-state index in [1.54, 1.807) is 7.11 Å². The lowest BCUT2D eigenvalue weighted by Gasteiger charge is -2.41. The first-order valence-corrected chi connectivity index (χ1v) is 8.57.